The molecule has 0 aliphatic rings. The highest BCUT2D eigenvalue weighted by atomic mass is 16.6. The average Bonchev–Trinajstić information content (AvgIpc) is 3.01. The maximum atomic E-state index is 10.9. The third-order valence-corrected chi connectivity index (χ3v) is 4.17. The average molecular weight is 329 g/mol. The summed E-state index contributed by atoms with van der Waals surface area (Å²) in [6, 6.07) is 24.7. The van der Waals surface area contributed by atoms with Crippen LogP contribution in [-0.4, -0.2) is 14.5 Å². The Morgan fingerprint density at radius 3 is 2.28 bits per heavy atom. The van der Waals surface area contributed by atoms with Crippen molar-refractivity contribution in [2.24, 2.45) is 0 Å². The summed E-state index contributed by atoms with van der Waals surface area (Å²) in [4.78, 5) is 15.2. The van der Waals surface area contributed by atoms with E-state index < -0.39 is 4.92 Å². The van der Waals surface area contributed by atoms with Gasteiger partial charge in [-0.1, -0.05) is 42.5 Å². The van der Waals surface area contributed by atoms with Crippen LogP contribution in [0.3, 0.4) is 0 Å². The fraction of sp³-hybridized carbons (Fsp3) is 0.0500. The van der Waals surface area contributed by atoms with E-state index in [0.717, 1.165) is 22.4 Å². The summed E-state index contributed by atoms with van der Waals surface area (Å²) in [5, 5.41) is 10.9. The zero-order chi connectivity index (χ0) is 17.2. The molecule has 0 bridgehead atoms. The van der Waals surface area contributed by atoms with Crippen molar-refractivity contribution in [1.82, 2.24) is 9.55 Å². The molecule has 5 nitrogen and oxygen atoms in total. The molecule has 0 radical (unpaired) electrons. The Labute approximate surface area is 144 Å². The van der Waals surface area contributed by atoms with E-state index in [4.69, 9.17) is 4.98 Å². The van der Waals surface area contributed by atoms with Crippen LogP contribution in [0.4, 0.5) is 5.69 Å². The molecule has 1 aromatic heterocycles. The summed E-state index contributed by atoms with van der Waals surface area (Å²) in [7, 11) is 0. The number of nitro benzene ring substituents is 1. The molecule has 0 aliphatic heterocycles. The van der Waals surface area contributed by atoms with Gasteiger partial charge in [0.15, 0.2) is 0 Å². The van der Waals surface area contributed by atoms with Gasteiger partial charge in [-0.15, -0.1) is 0 Å². The van der Waals surface area contributed by atoms with Gasteiger partial charge < -0.3 is 4.57 Å². The van der Waals surface area contributed by atoms with E-state index in [9.17, 15) is 10.1 Å². The maximum absolute atomic E-state index is 10.9. The van der Waals surface area contributed by atoms with Crippen LogP contribution in [0.1, 0.15) is 5.56 Å². The first-order chi connectivity index (χ1) is 12.2. The molecule has 0 saturated carbocycles. The van der Waals surface area contributed by atoms with Gasteiger partial charge in [-0.3, -0.25) is 10.1 Å². The summed E-state index contributed by atoms with van der Waals surface area (Å²) in [5.41, 5.74) is 4.06. The number of hydrogen-bond acceptors (Lipinski definition) is 3. The lowest BCUT2D eigenvalue weighted by Gasteiger charge is -2.09. The molecule has 25 heavy (non-hydrogen) atoms. The molecule has 0 fully saturated rings. The number of fused-ring (bicyclic) bond motifs is 1. The quantitative estimate of drug-likeness (QED) is 0.404. The van der Waals surface area contributed by atoms with Gasteiger partial charge in [0, 0.05) is 24.2 Å². The van der Waals surface area contributed by atoms with E-state index in [-0.39, 0.29) is 5.69 Å². The molecule has 122 valence electrons. The number of nitro groups is 1. The second kappa shape index (κ2) is 6.20. The van der Waals surface area contributed by atoms with Gasteiger partial charge in [-0.2, -0.15) is 0 Å². The Hall–Kier alpha value is -3.47. The molecular formula is C20H15N3O2. The first-order valence-electron chi connectivity index (χ1n) is 7.96. The Balaban J connectivity index is 1.85. The second-order valence-corrected chi connectivity index (χ2v) is 5.80. The van der Waals surface area contributed by atoms with E-state index in [1.165, 1.54) is 17.7 Å². The van der Waals surface area contributed by atoms with Crippen LogP contribution in [0.2, 0.25) is 0 Å². The lowest BCUT2D eigenvalue weighted by atomic mass is 10.2. The van der Waals surface area contributed by atoms with Gasteiger partial charge >= 0.3 is 0 Å². The van der Waals surface area contributed by atoms with Crippen LogP contribution in [0.25, 0.3) is 22.4 Å². The first-order valence-corrected chi connectivity index (χ1v) is 7.96. The SMILES string of the molecule is O=[N+]([O-])c1ccc(-c2nc3ccccc3n2Cc2ccccc2)cc1. The number of hydrogen-bond donors (Lipinski definition) is 0. The molecule has 0 N–H and O–H groups in total. The van der Waals surface area contributed by atoms with Crippen LogP contribution in [0, 0.1) is 10.1 Å². The molecule has 0 atom stereocenters. The number of non-ortho nitro benzene ring substituents is 1. The zero-order valence-electron chi connectivity index (χ0n) is 13.4. The maximum Gasteiger partial charge on any atom is 0.269 e. The third kappa shape index (κ3) is 2.87. The van der Waals surface area contributed by atoms with Crippen molar-refractivity contribution in [3.05, 3.63) is 94.5 Å². The Kier molecular flexibility index (Phi) is 3.74. The molecule has 3 aromatic carbocycles. The van der Waals surface area contributed by atoms with Gasteiger partial charge in [0.25, 0.3) is 5.69 Å². The molecule has 4 rings (SSSR count). The minimum atomic E-state index is -0.392. The molecule has 0 amide bonds. The monoisotopic (exact) mass is 329 g/mol. The fourth-order valence-electron chi connectivity index (χ4n) is 2.95. The molecule has 4 aromatic rings. The number of aromatic nitrogens is 2. The Bertz CT molecular complexity index is 1040. The molecule has 0 spiro atoms. The second-order valence-electron chi connectivity index (χ2n) is 5.80. The van der Waals surface area contributed by atoms with Crippen molar-refractivity contribution < 1.29 is 4.92 Å². The summed E-state index contributed by atoms with van der Waals surface area (Å²) in [6.45, 7) is 0.688. The van der Waals surface area contributed by atoms with Crippen molar-refractivity contribution in [2.45, 2.75) is 6.54 Å². The highest BCUT2D eigenvalue weighted by molar-refractivity contribution is 5.80. The Morgan fingerprint density at radius 1 is 0.880 bits per heavy atom. The van der Waals surface area contributed by atoms with Gasteiger partial charge in [0.05, 0.1) is 16.0 Å². The number of rotatable bonds is 4. The summed E-state index contributed by atoms with van der Waals surface area (Å²) in [5.74, 6) is 0.806. The molecular weight excluding hydrogens is 314 g/mol. The predicted molar refractivity (Wildman–Crippen MR) is 97.4 cm³/mol. The molecule has 0 unspecified atom stereocenters. The fourth-order valence-corrected chi connectivity index (χ4v) is 2.95. The van der Waals surface area contributed by atoms with Gasteiger partial charge in [-0.05, 0) is 29.8 Å². The van der Waals surface area contributed by atoms with Crippen molar-refractivity contribution >= 4 is 16.7 Å². The molecule has 1 heterocycles. The van der Waals surface area contributed by atoms with Crippen molar-refractivity contribution in [2.75, 3.05) is 0 Å². The van der Waals surface area contributed by atoms with Crippen molar-refractivity contribution in [3.8, 4) is 11.4 Å². The lowest BCUT2D eigenvalue weighted by Crippen LogP contribution is -2.02. The minimum Gasteiger partial charge on any atom is -0.319 e. The van der Waals surface area contributed by atoms with E-state index >= 15 is 0 Å². The smallest absolute Gasteiger partial charge is 0.269 e. The van der Waals surface area contributed by atoms with Crippen LogP contribution in [0.5, 0.6) is 0 Å². The van der Waals surface area contributed by atoms with E-state index in [1.54, 1.807) is 12.1 Å². The van der Waals surface area contributed by atoms with E-state index in [0.29, 0.717) is 6.54 Å². The number of para-hydroxylation sites is 2. The van der Waals surface area contributed by atoms with E-state index in [1.807, 2.05) is 42.5 Å². The molecule has 0 saturated heterocycles. The number of benzene rings is 3. The minimum absolute atomic E-state index is 0.0782. The Morgan fingerprint density at radius 2 is 1.56 bits per heavy atom. The molecule has 0 aliphatic carbocycles. The predicted octanol–water partition coefficient (Wildman–Crippen LogP) is 4.66. The van der Waals surface area contributed by atoms with Crippen LogP contribution >= 0.6 is 0 Å². The molecule has 5 heteroatoms. The number of nitrogens with zero attached hydrogens (tertiary/aromatic N) is 3. The summed E-state index contributed by atoms with van der Waals surface area (Å²) < 4.78 is 2.14. The van der Waals surface area contributed by atoms with Gasteiger partial charge in [0.1, 0.15) is 5.82 Å². The lowest BCUT2D eigenvalue weighted by molar-refractivity contribution is -0.384. The van der Waals surface area contributed by atoms with Crippen LogP contribution in [-0.2, 0) is 6.54 Å². The third-order valence-electron chi connectivity index (χ3n) is 4.17. The van der Waals surface area contributed by atoms with E-state index in [2.05, 4.69) is 16.7 Å². The summed E-state index contributed by atoms with van der Waals surface area (Å²) >= 11 is 0. The highest BCUT2D eigenvalue weighted by Gasteiger charge is 2.14. The zero-order valence-corrected chi connectivity index (χ0v) is 13.4. The highest BCUT2D eigenvalue weighted by Crippen LogP contribution is 2.27. The first kappa shape index (κ1) is 15.1. The number of imidazole rings is 1. The van der Waals surface area contributed by atoms with Gasteiger partial charge in [-0.25, -0.2) is 4.98 Å². The van der Waals surface area contributed by atoms with Crippen LogP contribution in [0.15, 0.2) is 78.9 Å². The van der Waals surface area contributed by atoms with Crippen molar-refractivity contribution in [1.29, 1.82) is 0 Å². The summed E-state index contributed by atoms with van der Waals surface area (Å²) in [6.07, 6.45) is 0. The van der Waals surface area contributed by atoms with Crippen LogP contribution < -0.4 is 0 Å². The standard InChI is InChI=1S/C20H15N3O2/c24-23(25)17-12-10-16(11-13-17)20-21-18-8-4-5-9-19(18)22(20)14-15-6-2-1-3-7-15/h1-13H,14H2. The largest absolute Gasteiger partial charge is 0.319 e. The normalized spacial score (nSPS) is 10.9. The van der Waals surface area contributed by atoms with Crippen molar-refractivity contribution in [3.63, 3.8) is 0 Å². The topological polar surface area (TPSA) is 61.0 Å². The van der Waals surface area contributed by atoms with Gasteiger partial charge in [0.2, 0.25) is 0 Å².